The van der Waals surface area contributed by atoms with E-state index in [1.54, 1.807) is 14.0 Å². The van der Waals surface area contributed by atoms with Gasteiger partial charge in [-0.2, -0.15) is 10.4 Å². The van der Waals surface area contributed by atoms with E-state index in [9.17, 15) is 4.79 Å². The molecule has 1 rings (SSSR count). The summed E-state index contributed by atoms with van der Waals surface area (Å²) in [5.74, 6) is 0.0943. The van der Waals surface area contributed by atoms with Crippen LogP contribution in [0.15, 0.2) is 6.20 Å². The van der Waals surface area contributed by atoms with Crippen molar-refractivity contribution in [3.63, 3.8) is 0 Å². The lowest BCUT2D eigenvalue weighted by atomic mass is 10.0. The third-order valence-corrected chi connectivity index (χ3v) is 2.90. The summed E-state index contributed by atoms with van der Waals surface area (Å²) in [5, 5.41) is 15.5. The third kappa shape index (κ3) is 2.45. The highest BCUT2D eigenvalue weighted by atomic mass is 16.5. The minimum atomic E-state index is -0.906. The maximum absolute atomic E-state index is 12.0. The maximum Gasteiger partial charge on any atom is 0.257 e. The second-order valence-corrected chi connectivity index (χ2v) is 3.88. The van der Waals surface area contributed by atoms with Gasteiger partial charge >= 0.3 is 0 Å². The van der Waals surface area contributed by atoms with Crippen LogP contribution in [0.3, 0.4) is 0 Å². The Bertz CT molecular complexity index is 455. The van der Waals surface area contributed by atoms with Crippen molar-refractivity contribution in [3.8, 4) is 6.07 Å². The van der Waals surface area contributed by atoms with Crippen molar-refractivity contribution in [2.75, 3.05) is 12.4 Å². The first-order valence-electron chi connectivity index (χ1n) is 5.27. The van der Waals surface area contributed by atoms with Crippen molar-refractivity contribution >= 4 is 11.7 Å². The average molecular weight is 236 g/mol. The molecule has 0 bridgehead atoms. The summed E-state index contributed by atoms with van der Waals surface area (Å²) in [7, 11) is 3.14. The number of nitrogens with zero attached hydrogens (tertiary/aromatic N) is 3. The highest BCUT2D eigenvalue weighted by Crippen LogP contribution is 2.19. The number of carbonyl (C=O) groups excluding carboxylic acids is 1. The molecule has 0 radical (unpaired) electrons. The predicted octanol–water partition coefficient (Wildman–Crippen LogP) is 1.05. The zero-order chi connectivity index (χ0) is 13.1. The van der Waals surface area contributed by atoms with Crippen LogP contribution in [-0.4, -0.2) is 28.4 Å². The molecular formula is C11H16N4O2. The molecule has 1 heterocycles. The summed E-state index contributed by atoms with van der Waals surface area (Å²) in [4.78, 5) is 12.0. The standard InChI is InChI=1S/C11H16N4O2/c1-5-11(2,17-4)10(16)14-9-8(6-12)7-13-15(9)3/h7H,5H2,1-4H3,(H,14,16). The van der Waals surface area contributed by atoms with Crippen LogP contribution in [0.25, 0.3) is 0 Å². The van der Waals surface area contributed by atoms with Gasteiger partial charge in [0, 0.05) is 14.2 Å². The molecule has 6 heteroatoms. The molecule has 17 heavy (non-hydrogen) atoms. The maximum atomic E-state index is 12.0. The predicted molar refractivity (Wildman–Crippen MR) is 62.3 cm³/mol. The molecule has 0 spiro atoms. The Hall–Kier alpha value is -1.87. The molecule has 1 aromatic heterocycles. The Labute approximate surface area is 100 Å². The fourth-order valence-electron chi connectivity index (χ4n) is 1.30. The van der Waals surface area contributed by atoms with Gasteiger partial charge in [-0.1, -0.05) is 6.92 Å². The van der Waals surface area contributed by atoms with Gasteiger partial charge in [0.25, 0.3) is 5.91 Å². The zero-order valence-electron chi connectivity index (χ0n) is 10.4. The van der Waals surface area contributed by atoms with Crippen molar-refractivity contribution in [2.24, 2.45) is 7.05 Å². The van der Waals surface area contributed by atoms with Crippen LogP contribution < -0.4 is 5.32 Å². The quantitative estimate of drug-likeness (QED) is 0.847. The van der Waals surface area contributed by atoms with Crippen LogP contribution in [0, 0.1) is 11.3 Å². The lowest BCUT2D eigenvalue weighted by Gasteiger charge is -2.25. The fourth-order valence-corrected chi connectivity index (χ4v) is 1.30. The molecule has 1 N–H and O–H groups in total. The summed E-state index contributed by atoms with van der Waals surface area (Å²) in [6.45, 7) is 3.56. The SMILES string of the molecule is CCC(C)(OC)C(=O)Nc1c(C#N)cnn1C. The number of hydrogen-bond donors (Lipinski definition) is 1. The number of methoxy groups -OCH3 is 1. The van der Waals surface area contributed by atoms with E-state index in [4.69, 9.17) is 10.00 Å². The first-order valence-corrected chi connectivity index (χ1v) is 5.27. The average Bonchev–Trinajstić information content (AvgIpc) is 2.69. The Morgan fingerprint density at radius 2 is 2.41 bits per heavy atom. The summed E-state index contributed by atoms with van der Waals surface area (Å²) in [6, 6.07) is 1.97. The normalized spacial score (nSPS) is 13.8. The molecule has 0 saturated heterocycles. The lowest BCUT2D eigenvalue weighted by molar-refractivity contribution is -0.136. The van der Waals surface area contributed by atoms with Crippen molar-refractivity contribution < 1.29 is 9.53 Å². The highest BCUT2D eigenvalue weighted by Gasteiger charge is 2.32. The molecule has 0 saturated carbocycles. The molecule has 6 nitrogen and oxygen atoms in total. The number of aromatic nitrogens is 2. The van der Waals surface area contributed by atoms with Gasteiger partial charge in [0.2, 0.25) is 0 Å². The number of amides is 1. The van der Waals surface area contributed by atoms with Gasteiger partial charge in [0.15, 0.2) is 0 Å². The van der Waals surface area contributed by atoms with Crippen LogP contribution in [-0.2, 0) is 16.6 Å². The van der Waals surface area contributed by atoms with Gasteiger partial charge in [-0.3, -0.25) is 9.48 Å². The first-order chi connectivity index (χ1) is 7.98. The number of anilines is 1. The Balaban J connectivity index is 2.96. The number of rotatable bonds is 4. The van der Waals surface area contributed by atoms with Gasteiger partial charge in [-0.25, -0.2) is 0 Å². The Morgan fingerprint density at radius 1 is 1.76 bits per heavy atom. The van der Waals surface area contributed by atoms with Gasteiger partial charge in [-0.05, 0) is 13.3 Å². The number of carbonyl (C=O) groups is 1. The Morgan fingerprint density at radius 3 is 2.88 bits per heavy atom. The van der Waals surface area contributed by atoms with Gasteiger partial charge in [0.1, 0.15) is 23.1 Å². The number of nitrogens with one attached hydrogen (secondary N) is 1. The molecule has 92 valence electrons. The zero-order valence-corrected chi connectivity index (χ0v) is 10.4. The molecular weight excluding hydrogens is 220 g/mol. The second kappa shape index (κ2) is 4.97. The summed E-state index contributed by atoms with van der Waals surface area (Å²) in [5.41, 5.74) is -0.577. The van der Waals surface area contributed by atoms with Crippen LogP contribution >= 0.6 is 0 Å². The molecule has 1 amide bonds. The minimum absolute atomic E-state index is 0.289. The van der Waals surface area contributed by atoms with E-state index >= 15 is 0 Å². The highest BCUT2D eigenvalue weighted by molar-refractivity contribution is 5.97. The monoisotopic (exact) mass is 236 g/mol. The second-order valence-electron chi connectivity index (χ2n) is 3.88. The topological polar surface area (TPSA) is 79.9 Å². The van der Waals surface area contributed by atoms with Gasteiger partial charge < -0.3 is 10.1 Å². The lowest BCUT2D eigenvalue weighted by Crippen LogP contribution is -2.41. The van der Waals surface area contributed by atoms with E-state index < -0.39 is 5.60 Å². The molecule has 1 unspecified atom stereocenters. The first kappa shape index (κ1) is 13.2. The van der Waals surface area contributed by atoms with Crippen LogP contribution in [0.4, 0.5) is 5.82 Å². The van der Waals surface area contributed by atoms with Gasteiger partial charge in [-0.15, -0.1) is 0 Å². The van der Waals surface area contributed by atoms with E-state index in [1.807, 2.05) is 13.0 Å². The van der Waals surface area contributed by atoms with Crippen LogP contribution in [0.2, 0.25) is 0 Å². The molecule has 0 aromatic carbocycles. The number of ether oxygens (including phenoxy) is 1. The minimum Gasteiger partial charge on any atom is -0.369 e. The summed E-state index contributed by atoms with van der Waals surface area (Å²) in [6.07, 6.45) is 1.95. The van der Waals surface area contributed by atoms with Gasteiger partial charge in [0.05, 0.1) is 6.20 Å². The summed E-state index contributed by atoms with van der Waals surface area (Å²) >= 11 is 0. The molecule has 0 aliphatic heterocycles. The molecule has 1 aromatic rings. The van der Waals surface area contributed by atoms with E-state index in [0.717, 1.165) is 0 Å². The summed E-state index contributed by atoms with van der Waals surface area (Å²) < 4.78 is 6.63. The van der Waals surface area contributed by atoms with Crippen molar-refractivity contribution in [1.82, 2.24) is 9.78 Å². The van der Waals surface area contributed by atoms with Crippen molar-refractivity contribution in [2.45, 2.75) is 25.9 Å². The van der Waals surface area contributed by atoms with E-state index in [0.29, 0.717) is 17.8 Å². The number of nitriles is 1. The molecule has 0 fully saturated rings. The smallest absolute Gasteiger partial charge is 0.257 e. The molecule has 1 atom stereocenters. The number of hydrogen-bond acceptors (Lipinski definition) is 4. The number of aryl methyl sites for hydroxylation is 1. The fraction of sp³-hybridized carbons (Fsp3) is 0.545. The van der Waals surface area contributed by atoms with Crippen molar-refractivity contribution in [3.05, 3.63) is 11.8 Å². The largest absolute Gasteiger partial charge is 0.369 e. The molecule has 0 aliphatic rings. The third-order valence-electron chi connectivity index (χ3n) is 2.90. The molecule has 0 aliphatic carbocycles. The van der Waals surface area contributed by atoms with Crippen LogP contribution in [0.5, 0.6) is 0 Å². The van der Waals surface area contributed by atoms with E-state index in [-0.39, 0.29) is 5.91 Å². The van der Waals surface area contributed by atoms with E-state index in [1.165, 1.54) is 18.0 Å². The Kier molecular flexibility index (Phi) is 3.86. The van der Waals surface area contributed by atoms with Crippen LogP contribution in [0.1, 0.15) is 25.8 Å². The van der Waals surface area contributed by atoms with E-state index in [2.05, 4.69) is 10.4 Å². The van der Waals surface area contributed by atoms with Crippen molar-refractivity contribution in [1.29, 1.82) is 5.26 Å².